The second-order valence-electron chi connectivity index (χ2n) is 3.98. The van der Waals surface area contributed by atoms with E-state index < -0.39 is 0 Å². The molecule has 0 aliphatic carbocycles. The maximum absolute atomic E-state index is 3.61. The first-order chi connectivity index (χ1) is 8.90. The van der Waals surface area contributed by atoms with Gasteiger partial charge in [0.25, 0.3) is 0 Å². The van der Waals surface area contributed by atoms with Crippen molar-refractivity contribution in [1.82, 2.24) is 5.32 Å². The fourth-order valence-corrected chi connectivity index (χ4v) is 3.38. The average Bonchev–Trinajstić information content (AvgIpc) is 3.05. The molecular formula is C15H17NS2. The van der Waals surface area contributed by atoms with E-state index in [0.717, 1.165) is 19.4 Å². The van der Waals surface area contributed by atoms with Crippen LogP contribution in [0.15, 0.2) is 35.0 Å². The minimum Gasteiger partial charge on any atom is -0.308 e. The monoisotopic (exact) mass is 275 g/mol. The molecule has 0 saturated carbocycles. The summed E-state index contributed by atoms with van der Waals surface area (Å²) < 4.78 is 0. The van der Waals surface area contributed by atoms with E-state index in [-0.39, 0.29) is 0 Å². The third-order valence-corrected chi connectivity index (χ3v) is 4.57. The van der Waals surface area contributed by atoms with Crippen LogP contribution in [0.4, 0.5) is 0 Å². The molecule has 0 aromatic carbocycles. The molecule has 0 aliphatic heterocycles. The van der Waals surface area contributed by atoms with Gasteiger partial charge in [0.05, 0.1) is 0 Å². The summed E-state index contributed by atoms with van der Waals surface area (Å²) in [5, 5.41) is 7.90. The van der Waals surface area contributed by atoms with Crippen molar-refractivity contribution in [3.8, 4) is 11.8 Å². The normalized spacial score (nSPS) is 11.8. The maximum Gasteiger partial charge on any atom is 0.0463 e. The van der Waals surface area contributed by atoms with Crippen molar-refractivity contribution in [2.45, 2.75) is 25.8 Å². The highest BCUT2D eigenvalue weighted by molar-refractivity contribution is 7.10. The van der Waals surface area contributed by atoms with E-state index in [2.05, 4.69) is 52.2 Å². The van der Waals surface area contributed by atoms with E-state index in [1.54, 1.807) is 0 Å². The van der Waals surface area contributed by atoms with E-state index in [9.17, 15) is 0 Å². The van der Waals surface area contributed by atoms with Gasteiger partial charge in [-0.2, -0.15) is 0 Å². The van der Waals surface area contributed by atoms with Gasteiger partial charge in [0.15, 0.2) is 0 Å². The molecule has 0 amide bonds. The molecule has 2 aromatic heterocycles. The molecule has 2 rings (SSSR count). The maximum atomic E-state index is 3.61. The van der Waals surface area contributed by atoms with Gasteiger partial charge >= 0.3 is 0 Å². The van der Waals surface area contributed by atoms with Gasteiger partial charge in [-0.15, -0.1) is 34.5 Å². The Morgan fingerprint density at radius 2 is 2.06 bits per heavy atom. The van der Waals surface area contributed by atoms with Crippen molar-refractivity contribution in [2.75, 3.05) is 6.54 Å². The molecule has 0 spiro atoms. The lowest BCUT2D eigenvalue weighted by Crippen LogP contribution is -2.23. The Balaban J connectivity index is 1.96. The van der Waals surface area contributed by atoms with E-state index in [1.807, 2.05) is 29.6 Å². The highest BCUT2D eigenvalue weighted by Gasteiger charge is 2.12. The SMILES string of the molecule is CC#CCCNC(Cc1cccs1)c1cccs1. The summed E-state index contributed by atoms with van der Waals surface area (Å²) in [6.45, 7) is 2.84. The van der Waals surface area contributed by atoms with Gasteiger partial charge in [-0.05, 0) is 29.8 Å². The molecule has 1 N–H and O–H groups in total. The van der Waals surface area contributed by atoms with Gasteiger partial charge < -0.3 is 5.32 Å². The number of hydrogen-bond donors (Lipinski definition) is 1. The smallest absolute Gasteiger partial charge is 0.0463 e. The van der Waals surface area contributed by atoms with Crippen LogP contribution >= 0.6 is 22.7 Å². The Kier molecular flexibility index (Phi) is 5.47. The van der Waals surface area contributed by atoms with Crippen LogP contribution < -0.4 is 5.32 Å². The zero-order chi connectivity index (χ0) is 12.6. The van der Waals surface area contributed by atoms with Gasteiger partial charge in [-0.3, -0.25) is 0 Å². The lowest BCUT2D eigenvalue weighted by atomic mass is 10.1. The number of nitrogens with one attached hydrogen (secondary N) is 1. The second kappa shape index (κ2) is 7.38. The zero-order valence-electron chi connectivity index (χ0n) is 10.5. The van der Waals surface area contributed by atoms with Crippen molar-refractivity contribution in [2.24, 2.45) is 0 Å². The molecule has 0 radical (unpaired) electrons. The van der Waals surface area contributed by atoms with Crippen molar-refractivity contribution < 1.29 is 0 Å². The summed E-state index contributed by atoms with van der Waals surface area (Å²) in [5.74, 6) is 6.04. The molecular weight excluding hydrogens is 258 g/mol. The molecule has 18 heavy (non-hydrogen) atoms. The molecule has 1 unspecified atom stereocenters. The first-order valence-corrected chi connectivity index (χ1v) is 7.85. The van der Waals surface area contributed by atoms with Crippen LogP contribution in [0.2, 0.25) is 0 Å². The molecule has 0 fully saturated rings. The summed E-state index contributed by atoms with van der Waals surface area (Å²) in [6.07, 6.45) is 1.99. The Bertz CT molecular complexity index is 488. The first kappa shape index (κ1) is 13.4. The van der Waals surface area contributed by atoms with Gasteiger partial charge in [0.2, 0.25) is 0 Å². The summed E-state index contributed by atoms with van der Waals surface area (Å²) in [5.41, 5.74) is 0. The van der Waals surface area contributed by atoms with Crippen LogP contribution in [0.5, 0.6) is 0 Å². The molecule has 3 heteroatoms. The van der Waals surface area contributed by atoms with E-state index >= 15 is 0 Å². The zero-order valence-corrected chi connectivity index (χ0v) is 12.1. The van der Waals surface area contributed by atoms with Crippen molar-refractivity contribution in [3.63, 3.8) is 0 Å². The molecule has 0 bridgehead atoms. The van der Waals surface area contributed by atoms with Crippen molar-refractivity contribution >= 4 is 22.7 Å². The predicted octanol–water partition coefficient (Wildman–Crippen LogP) is 4.10. The Hall–Kier alpha value is -1.08. The molecule has 0 aliphatic rings. The molecule has 2 aromatic rings. The summed E-state index contributed by atoms with van der Waals surface area (Å²) in [4.78, 5) is 2.84. The summed E-state index contributed by atoms with van der Waals surface area (Å²) in [7, 11) is 0. The standard InChI is InChI=1S/C15H17NS2/c1-2-3-4-9-16-14(15-8-6-11-18-15)12-13-7-5-10-17-13/h5-8,10-11,14,16H,4,9,12H2,1H3. The predicted molar refractivity (Wildman–Crippen MR) is 81.2 cm³/mol. The van der Waals surface area contributed by atoms with Gasteiger partial charge in [-0.1, -0.05) is 12.1 Å². The van der Waals surface area contributed by atoms with Gasteiger partial charge in [0.1, 0.15) is 0 Å². The lowest BCUT2D eigenvalue weighted by molar-refractivity contribution is 0.550. The topological polar surface area (TPSA) is 12.0 Å². The number of rotatable bonds is 6. The summed E-state index contributed by atoms with van der Waals surface area (Å²) in [6, 6.07) is 9.07. The number of hydrogen-bond acceptors (Lipinski definition) is 3. The quantitative estimate of drug-likeness (QED) is 0.618. The van der Waals surface area contributed by atoms with E-state index in [0.29, 0.717) is 6.04 Å². The third kappa shape index (κ3) is 3.99. The van der Waals surface area contributed by atoms with Crippen LogP contribution in [0, 0.1) is 11.8 Å². The fraction of sp³-hybridized carbons (Fsp3) is 0.333. The van der Waals surface area contributed by atoms with Gasteiger partial charge in [-0.25, -0.2) is 0 Å². The van der Waals surface area contributed by atoms with Crippen LogP contribution in [0.25, 0.3) is 0 Å². The van der Waals surface area contributed by atoms with Crippen LogP contribution in [0.3, 0.4) is 0 Å². The average molecular weight is 275 g/mol. The molecule has 1 nitrogen and oxygen atoms in total. The Morgan fingerprint density at radius 1 is 1.22 bits per heavy atom. The second-order valence-corrected chi connectivity index (χ2v) is 5.99. The van der Waals surface area contributed by atoms with Crippen molar-refractivity contribution in [1.29, 1.82) is 0 Å². The van der Waals surface area contributed by atoms with Crippen molar-refractivity contribution in [3.05, 3.63) is 44.8 Å². The third-order valence-electron chi connectivity index (χ3n) is 2.69. The highest BCUT2D eigenvalue weighted by atomic mass is 32.1. The Morgan fingerprint density at radius 3 is 2.72 bits per heavy atom. The highest BCUT2D eigenvalue weighted by Crippen LogP contribution is 2.24. The van der Waals surface area contributed by atoms with E-state index in [1.165, 1.54) is 9.75 Å². The Labute approximate surface area is 117 Å². The lowest BCUT2D eigenvalue weighted by Gasteiger charge is -2.16. The first-order valence-electron chi connectivity index (χ1n) is 6.09. The molecule has 2 heterocycles. The minimum atomic E-state index is 0.419. The van der Waals surface area contributed by atoms with Crippen LogP contribution in [0.1, 0.15) is 29.1 Å². The van der Waals surface area contributed by atoms with Crippen LogP contribution in [-0.4, -0.2) is 6.54 Å². The minimum absolute atomic E-state index is 0.419. The van der Waals surface area contributed by atoms with Crippen LogP contribution in [-0.2, 0) is 6.42 Å². The number of thiophene rings is 2. The largest absolute Gasteiger partial charge is 0.308 e. The van der Waals surface area contributed by atoms with Gasteiger partial charge in [0, 0.05) is 35.2 Å². The molecule has 1 atom stereocenters. The molecule has 0 saturated heterocycles. The molecule has 94 valence electrons. The van der Waals surface area contributed by atoms with E-state index in [4.69, 9.17) is 0 Å². The fourth-order valence-electron chi connectivity index (χ4n) is 1.83. The summed E-state index contributed by atoms with van der Waals surface area (Å²) >= 11 is 3.65.